The van der Waals surface area contributed by atoms with Crippen molar-refractivity contribution in [2.75, 3.05) is 0 Å². The molecule has 68 heavy (non-hydrogen) atoms. The average molecular weight is 1010 g/mol. The van der Waals surface area contributed by atoms with Crippen LogP contribution in [0.3, 0.4) is 0 Å². The Morgan fingerprint density at radius 3 is 0.441 bits per heavy atom. The zero-order valence-corrected chi connectivity index (χ0v) is 45.8. The van der Waals surface area contributed by atoms with E-state index in [4.69, 9.17) is 0 Å². The summed E-state index contributed by atoms with van der Waals surface area (Å²) >= 11 is 0. The summed E-state index contributed by atoms with van der Waals surface area (Å²) in [7, 11) is 7.44. The van der Waals surface area contributed by atoms with Crippen LogP contribution >= 0.6 is 28.1 Å². The van der Waals surface area contributed by atoms with Gasteiger partial charge in [0.15, 0.2) is 0 Å². The van der Waals surface area contributed by atoms with E-state index in [0.29, 0.717) is 0 Å². The second kappa shape index (κ2) is 19.5. The third-order valence-electron chi connectivity index (χ3n) is 13.7. The van der Waals surface area contributed by atoms with E-state index < -0.39 is 28.4 Å². The van der Waals surface area contributed by atoms with Gasteiger partial charge in [0, 0.05) is 0 Å². The maximum atomic E-state index is 10.9. The third-order valence-corrected chi connectivity index (χ3v) is 68.8. The van der Waals surface area contributed by atoms with E-state index in [2.05, 4.69) is 281 Å². The van der Waals surface area contributed by atoms with Crippen molar-refractivity contribution < 1.29 is 10.4 Å². The van der Waals surface area contributed by atoms with Gasteiger partial charge in [-0.1, -0.05) is 0 Å². The summed E-state index contributed by atoms with van der Waals surface area (Å²) in [5, 5.41) is 12.3. The summed E-state index contributed by atoms with van der Waals surface area (Å²) in [6, 6.07) is 86.8. The Bertz CT molecular complexity index is 2620. The van der Waals surface area contributed by atoms with Gasteiger partial charge < -0.3 is 0 Å². The molecular formula is C63H66ClCoP3. The molecule has 5 heteroatoms. The molecule has 0 N–H and O–H groups in total. The van der Waals surface area contributed by atoms with Gasteiger partial charge in [-0.3, -0.25) is 0 Å². The molecule has 349 valence electrons. The SMILES string of the molecule is Cc1cccc([PH](c2cccc(C)c2)(c2cccc(C)c2)[Co]([Cl])([PH](c2cccc(C)c2)(c2cccc(C)c2)c2cccc(C)c2)[PH](c2cccc(C)c2)(c2cccc(C)c2)c2cccc(C)c2)c1. The van der Waals surface area contributed by atoms with Crippen molar-refractivity contribution in [1.29, 1.82) is 0 Å². The second-order valence-corrected chi connectivity index (χ2v) is 51.0. The Labute approximate surface area is 414 Å². The van der Waals surface area contributed by atoms with Crippen molar-refractivity contribution in [2.45, 2.75) is 62.3 Å². The normalized spacial score (nSPS) is 14.1. The van der Waals surface area contributed by atoms with E-state index in [-0.39, 0.29) is 0 Å². The molecule has 0 aliphatic heterocycles. The molecule has 0 radical (unpaired) electrons. The van der Waals surface area contributed by atoms with Gasteiger partial charge in [-0.2, -0.15) is 0 Å². The first-order valence-electron chi connectivity index (χ1n) is 23.8. The van der Waals surface area contributed by atoms with E-state index in [1.165, 1.54) is 97.8 Å². The molecule has 0 aliphatic carbocycles. The predicted molar refractivity (Wildman–Crippen MR) is 308 cm³/mol. The summed E-state index contributed by atoms with van der Waals surface area (Å²) in [4.78, 5) is 0. The Balaban J connectivity index is 1.79. The van der Waals surface area contributed by atoms with Gasteiger partial charge in [-0.05, 0) is 0 Å². The average Bonchev–Trinajstić information content (AvgIpc) is 3.30. The van der Waals surface area contributed by atoms with Gasteiger partial charge in [0.2, 0.25) is 0 Å². The van der Waals surface area contributed by atoms with Crippen molar-refractivity contribution in [3.63, 3.8) is 0 Å². The van der Waals surface area contributed by atoms with Gasteiger partial charge >= 0.3 is 417 Å². The quantitative estimate of drug-likeness (QED) is 0.107. The minimum absolute atomic E-state index is 1.24. The maximum absolute atomic E-state index is 10.9. The van der Waals surface area contributed by atoms with Crippen LogP contribution in [0.5, 0.6) is 0 Å². The fraction of sp³-hybridized carbons (Fsp3) is 0.143. The van der Waals surface area contributed by atoms with Crippen LogP contribution in [0.2, 0.25) is 0 Å². The molecule has 0 saturated carbocycles. The van der Waals surface area contributed by atoms with Gasteiger partial charge in [0.05, 0.1) is 0 Å². The minimum atomic E-state index is -3.75. The van der Waals surface area contributed by atoms with E-state index in [0.717, 1.165) is 0 Å². The summed E-state index contributed by atoms with van der Waals surface area (Å²) in [5.74, 6) is -11.2. The van der Waals surface area contributed by atoms with Gasteiger partial charge in [0.25, 0.3) is 0 Å². The molecule has 0 saturated heterocycles. The molecular weight excluding hydrogens is 944 g/mol. The van der Waals surface area contributed by atoms with Crippen LogP contribution in [0.1, 0.15) is 50.1 Å². The van der Waals surface area contributed by atoms with Crippen LogP contribution in [-0.2, 0) is 10.4 Å². The topological polar surface area (TPSA) is 0 Å². The summed E-state index contributed by atoms with van der Waals surface area (Å²) < 4.78 is 0. The molecule has 0 nitrogen and oxygen atoms in total. The molecule has 0 atom stereocenters. The first-order valence-corrected chi connectivity index (χ1v) is 35.4. The second-order valence-electron chi connectivity index (χ2n) is 19.1. The molecule has 0 bridgehead atoms. The van der Waals surface area contributed by atoms with Crippen LogP contribution in [0, 0.1) is 62.3 Å². The Morgan fingerprint density at radius 1 is 0.221 bits per heavy atom. The van der Waals surface area contributed by atoms with Gasteiger partial charge in [0.1, 0.15) is 0 Å². The number of hydrogen-bond acceptors (Lipinski definition) is 0. The van der Waals surface area contributed by atoms with E-state index in [9.17, 15) is 10.1 Å². The molecule has 0 aliphatic rings. The molecule has 0 heterocycles. The van der Waals surface area contributed by atoms with Crippen LogP contribution in [0.15, 0.2) is 218 Å². The summed E-state index contributed by atoms with van der Waals surface area (Å²) in [6.45, 7) is 20.5. The molecule has 9 aromatic carbocycles. The van der Waals surface area contributed by atoms with Gasteiger partial charge in [-0.15, -0.1) is 0 Å². The Hall–Kier alpha value is -4.93. The van der Waals surface area contributed by atoms with Crippen molar-refractivity contribution >= 4 is 75.9 Å². The van der Waals surface area contributed by atoms with E-state index in [1.54, 1.807) is 0 Å². The van der Waals surface area contributed by atoms with Crippen molar-refractivity contribution in [2.24, 2.45) is 0 Å². The van der Waals surface area contributed by atoms with Crippen molar-refractivity contribution in [3.8, 4) is 0 Å². The van der Waals surface area contributed by atoms with Gasteiger partial charge in [-0.25, -0.2) is 0 Å². The molecule has 9 aromatic rings. The Kier molecular flexibility index (Phi) is 13.8. The zero-order chi connectivity index (χ0) is 47.8. The van der Waals surface area contributed by atoms with E-state index >= 15 is 0 Å². The van der Waals surface area contributed by atoms with E-state index in [1.807, 2.05) is 0 Å². The van der Waals surface area contributed by atoms with Crippen molar-refractivity contribution in [1.82, 2.24) is 0 Å². The molecule has 0 spiro atoms. The van der Waals surface area contributed by atoms with Crippen LogP contribution < -0.4 is 47.7 Å². The number of aryl methyl sites for hydroxylation is 9. The summed E-state index contributed by atoms with van der Waals surface area (Å²) in [6.07, 6.45) is 0. The third kappa shape index (κ3) is 7.99. The predicted octanol–water partition coefficient (Wildman–Crippen LogP) is 13.0. The molecule has 0 fully saturated rings. The molecule has 0 unspecified atom stereocenters. The molecule has 9 rings (SSSR count). The van der Waals surface area contributed by atoms with Crippen LogP contribution in [0.4, 0.5) is 0 Å². The first-order chi connectivity index (χ1) is 32.7. The summed E-state index contributed by atoms with van der Waals surface area (Å²) in [5.41, 5.74) is 11.2. The molecule has 0 aromatic heterocycles. The van der Waals surface area contributed by atoms with Crippen LogP contribution in [0.25, 0.3) is 0 Å². The number of halogens is 1. The fourth-order valence-electron chi connectivity index (χ4n) is 10.9. The monoisotopic (exact) mass is 1010 g/mol. The Morgan fingerprint density at radius 2 is 0.338 bits per heavy atom. The zero-order valence-electron chi connectivity index (χ0n) is 41.0. The van der Waals surface area contributed by atoms with Crippen molar-refractivity contribution in [3.05, 3.63) is 268 Å². The molecule has 0 amide bonds. The number of hydrogen-bond donors (Lipinski definition) is 0. The first kappa shape index (κ1) is 48.1. The number of rotatable bonds is 12. The standard InChI is InChI=1S/3C21H21P.ClH.Co/c3*1-16-7-4-10-19(13-16)22(20-11-5-8-17(2)14-20)21-12-6-9-18(3)15-21;;/h3*4-15H,1-3H3;1H;/q;;;;-2/p+2. The number of benzene rings is 9. The van der Waals surface area contributed by atoms with Crippen LogP contribution in [-0.4, -0.2) is 0 Å². The fourth-order valence-corrected chi connectivity index (χ4v) is 88.3.